The summed E-state index contributed by atoms with van der Waals surface area (Å²) in [4.78, 5) is 11.9. The van der Waals surface area contributed by atoms with Gasteiger partial charge in [-0.2, -0.15) is 0 Å². The minimum atomic E-state index is -0.0394. The number of carbonyl (C=O) groups excluding carboxylic acids is 1. The summed E-state index contributed by atoms with van der Waals surface area (Å²) < 4.78 is 0. The molecule has 0 aliphatic rings. The van der Waals surface area contributed by atoms with Crippen molar-refractivity contribution in [2.75, 3.05) is 0 Å². The van der Waals surface area contributed by atoms with Gasteiger partial charge in [-0.05, 0) is 17.9 Å². The van der Waals surface area contributed by atoms with E-state index in [1.807, 2.05) is 24.3 Å². The fourth-order valence-electron chi connectivity index (χ4n) is 1.60. The van der Waals surface area contributed by atoms with E-state index in [0.29, 0.717) is 5.92 Å². The molecule has 1 unspecified atom stereocenters. The molecular formula is C14H19BrO. The van der Waals surface area contributed by atoms with Crippen molar-refractivity contribution in [2.45, 2.75) is 44.4 Å². The molecule has 0 fully saturated rings. The van der Waals surface area contributed by atoms with Crippen LogP contribution in [0.25, 0.3) is 0 Å². The lowest BCUT2D eigenvalue weighted by Crippen LogP contribution is -2.13. The zero-order valence-corrected chi connectivity index (χ0v) is 11.8. The lowest BCUT2D eigenvalue weighted by atomic mass is 9.99. The average Bonchev–Trinajstić information content (AvgIpc) is 2.28. The molecule has 0 bridgehead atoms. The van der Waals surface area contributed by atoms with Crippen molar-refractivity contribution in [3.63, 3.8) is 0 Å². The largest absolute Gasteiger partial charge is 0.293 e. The van der Waals surface area contributed by atoms with Gasteiger partial charge >= 0.3 is 0 Å². The Morgan fingerprint density at radius 2 is 1.81 bits per heavy atom. The summed E-state index contributed by atoms with van der Waals surface area (Å²) in [7, 11) is 0. The van der Waals surface area contributed by atoms with Crippen LogP contribution in [0, 0.1) is 0 Å². The van der Waals surface area contributed by atoms with Gasteiger partial charge in [-0.15, -0.1) is 0 Å². The highest BCUT2D eigenvalue weighted by atomic mass is 79.9. The third-order valence-electron chi connectivity index (χ3n) is 2.69. The maximum Gasteiger partial charge on any atom is 0.176 e. The summed E-state index contributed by atoms with van der Waals surface area (Å²) in [5.41, 5.74) is 2.08. The second kappa shape index (κ2) is 6.19. The molecule has 2 heteroatoms. The van der Waals surface area contributed by atoms with Crippen LogP contribution in [0.1, 0.15) is 55.5 Å². The van der Waals surface area contributed by atoms with E-state index in [2.05, 4.69) is 36.7 Å². The van der Waals surface area contributed by atoms with Crippen LogP contribution < -0.4 is 0 Å². The number of halogens is 1. The molecule has 1 rings (SSSR count). The molecule has 1 aromatic rings. The van der Waals surface area contributed by atoms with Gasteiger partial charge in [-0.3, -0.25) is 4.79 Å². The van der Waals surface area contributed by atoms with E-state index in [1.165, 1.54) is 5.56 Å². The van der Waals surface area contributed by atoms with Gasteiger partial charge in [0.15, 0.2) is 5.78 Å². The molecule has 0 aliphatic carbocycles. The lowest BCUT2D eigenvalue weighted by molar-refractivity contribution is 0.0988. The Morgan fingerprint density at radius 3 is 2.25 bits per heavy atom. The third kappa shape index (κ3) is 3.44. The van der Waals surface area contributed by atoms with E-state index >= 15 is 0 Å². The maximum atomic E-state index is 12.0. The van der Waals surface area contributed by atoms with E-state index in [1.54, 1.807) is 0 Å². The molecule has 0 radical (unpaired) electrons. The van der Waals surface area contributed by atoms with Crippen LogP contribution in [0.4, 0.5) is 0 Å². The molecule has 1 aromatic carbocycles. The van der Waals surface area contributed by atoms with Crippen LogP contribution in [0.5, 0.6) is 0 Å². The van der Waals surface area contributed by atoms with Crippen LogP contribution in [0.15, 0.2) is 24.3 Å². The Balaban J connectivity index is 2.77. The minimum Gasteiger partial charge on any atom is -0.293 e. The quantitative estimate of drug-likeness (QED) is 0.572. The number of carbonyl (C=O) groups is 1. The molecule has 88 valence electrons. The van der Waals surface area contributed by atoms with Gasteiger partial charge in [0, 0.05) is 5.56 Å². The van der Waals surface area contributed by atoms with E-state index in [-0.39, 0.29) is 10.6 Å². The van der Waals surface area contributed by atoms with E-state index in [0.717, 1.165) is 18.4 Å². The highest BCUT2D eigenvalue weighted by Crippen LogP contribution is 2.18. The number of benzene rings is 1. The summed E-state index contributed by atoms with van der Waals surface area (Å²) in [5, 5.41) is 0. The number of hydrogen-bond donors (Lipinski definition) is 0. The molecule has 0 saturated heterocycles. The van der Waals surface area contributed by atoms with Gasteiger partial charge in [-0.1, -0.05) is 67.4 Å². The molecule has 0 aromatic heterocycles. The van der Waals surface area contributed by atoms with Crippen LogP contribution in [0.2, 0.25) is 0 Å². The molecular weight excluding hydrogens is 264 g/mol. The standard InChI is InChI=1S/C14H19BrO/c1-4-5-13(15)14(16)12-8-6-11(7-9-12)10(2)3/h6-10,13H,4-5H2,1-3H3. The molecule has 0 aliphatic heterocycles. The highest BCUT2D eigenvalue weighted by molar-refractivity contribution is 9.10. The summed E-state index contributed by atoms with van der Waals surface area (Å²) in [6, 6.07) is 7.95. The van der Waals surface area contributed by atoms with Crippen molar-refractivity contribution < 1.29 is 4.79 Å². The Bertz CT molecular complexity index is 340. The van der Waals surface area contributed by atoms with E-state index in [9.17, 15) is 4.79 Å². The molecule has 1 atom stereocenters. The van der Waals surface area contributed by atoms with Crippen molar-refractivity contribution in [1.29, 1.82) is 0 Å². The first-order chi connectivity index (χ1) is 7.56. The van der Waals surface area contributed by atoms with Crippen LogP contribution >= 0.6 is 15.9 Å². The summed E-state index contributed by atoms with van der Waals surface area (Å²) in [6.45, 7) is 6.39. The van der Waals surface area contributed by atoms with Gasteiger partial charge < -0.3 is 0 Å². The van der Waals surface area contributed by atoms with Crippen LogP contribution in [-0.2, 0) is 0 Å². The smallest absolute Gasteiger partial charge is 0.176 e. The van der Waals surface area contributed by atoms with Gasteiger partial charge in [0.1, 0.15) is 0 Å². The van der Waals surface area contributed by atoms with Crippen molar-refractivity contribution in [2.24, 2.45) is 0 Å². The fraction of sp³-hybridized carbons (Fsp3) is 0.500. The molecule has 0 saturated carbocycles. The number of rotatable bonds is 5. The first-order valence-electron chi connectivity index (χ1n) is 5.84. The van der Waals surface area contributed by atoms with Gasteiger partial charge in [0.25, 0.3) is 0 Å². The summed E-state index contributed by atoms with van der Waals surface area (Å²) in [5.74, 6) is 0.705. The van der Waals surface area contributed by atoms with Crippen molar-refractivity contribution >= 4 is 21.7 Å². The minimum absolute atomic E-state index is 0.0394. The third-order valence-corrected chi connectivity index (χ3v) is 3.56. The topological polar surface area (TPSA) is 17.1 Å². The molecule has 16 heavy (non-hydrogen) atoms. The SMILES string of the molecule is CCCC(Br)C(=O)c1ccc(C(C)C)cc1. The van der Waals surface area contributed by atoms with E-state index in [4.69, 9.17) is 0 Å². The zero-order valence-electron chi connectivity index (χ0n) is 10.2. The predicted molar refractivity (Wildman–Crippen MR) is 72.5 cm³/mol. The Morgan fingerprint density at radius 1 is 1.25 bits per heavy atom. The molecule has 0 amide bonds. The van der Waals surface area contributed by atoms with Crippen LogP contribution in [0.3, 0.4) is 0 Å². The van der Waals surface area contributed by atoms with E-state index < -0.39 is 0 Å². The van der Waals surface area contributed by atoms with Gasteiger partial charge in [0.2, 0.25) is 0 Å². The Labute approximate surface area is 106 Å². The zero-order chi connectivity index (χ0) is 12.1. The molecule has 0 spiro atoms. The van der Waals surface area contributed by atoms with Gasteiger partial charge in [0.05, 0.1) is 4.83 Å². The first-order valence-corrected chi connectivity index (χ1v) is 6.76. The van der Waals surface area contributed by atoms with Crippen LogP contribution in [-0.4, -0.2) is 10.6 Å². The average molecular weight is 283 g/mol. The number of ketones is 1. The predicted octanol–water partition coefficient (Wildman–Crippen LogP) is 4.56. The van der Waals surface area contributed by atoms with Crippen molar-refractivity contribution in [1.82, 2.24) is 0 Å². The normalized spacial score (nSPS) is 12.8. The summed E-state index contributed by atoms with van der Waals surface area (Å²) >= 11 is 3.44. The highest BCUT2D eigenvalue weighted by Gasteiger charge is 2.15. The van der Waals surface area contributed by atoms with Gasteiger partial charge in [-0.25, -0.2) is 0 Å². The van der Waals surface area contributed by atoms with Crippen molar-refractivity contribution in [3.8, 4) is 0 Å². The second-order valence-electron chi connectivity index (χ2n) is 4.40. The maximum absolute atomic E-state index is 12.0. The molecule has 1 nitrogen and oxygen atoms in total. The number of hydrogen-bond acceptors (Lipinski definition) is 1. The number of alkyl halides is 1. The Hall–Kier alpha value is -0.630. The monoisotopic (exact) mass is 282 g/mol. The van der Waals surface area contributed by atoms with Crippen molar-refractivity contribution in [3.05, 3.63) is 35.4 Å². The first kappa shape index (κ1) is 13.4. The molecule has 0 N–H and O–H groups in total. The number of Topliss-reactive ketones (excluding diaryl/α,β-unsaturated/α-hetero) is 1. The molecule has 0 heterocycles. The lowest BCUT2D eigenvalue weighted by Gasteiger charge is -2.09. The summed E-state index contributed by atoms with van der Waals surface area (Å²) in [6.07, 6.45) is 1.91. The Kier molecular flexibility index (Phi) is 5.20. The fourth-order valence-corrected chi connectivity index (χ4v) is 2.32. The second-order valence-corrected chi connectivity index (χ2v) is 5.50.